The summed E-state index contributed by atoms with van der Waals surface area (Å²) in [6.07, 6.45) is 0. The molecule has 1 aromatic rings. The Morgan fingerprint density at radius 1 is 1.44 bits per heavy atom. The topological polar surface area (TPSA) is 102 Å². The van der Waals surface area contributed by atoms with E-state index in [1.54, 1.807) is 5.48 Å². The first-order chi connectivity index (χ1) is 7.51. The molecule has 0 fully saturated rings. The van der Waals surface area contributed by atoms with Crippen molar-refractivity contribution in [2.75, 3.05) is 7.05 Å². The van der Waals surface area contributed by atoms with Gasteiger partial charge in [0.1, 0.15) is 6.04 Å². The quantitative estimate of drug-likeness (QED) is 0.371. The van der Waals surface area contributed by atoms with Crippen LogP contribution in [-0.4, -0.2) is 28.4 Å². The van der Waals surface area contributed by atoms with E-state index in [4.69, 9.17) is 15.4 Å². The SMILES string of the molecule is CNC(=O)C(NO)c1cc(O)c(O)c(F)c1. The minimum absolute atomic E-state index is 0.0188. The molecular formula is C9H11FN2O4. The van der Waals surface area contributed by atoms with Gasteiger partial charge < -0.3 is 20.7 Å². The molecule has 6 nitrogen and oxygen atoms in total. The zero-order chi connectivity index (χ0) is 12.3. The zero-order valence-corrected chi connectivity index (χ0v) is 8.36. The number of hydrogen-bond donors (Lipinski definition) is 5. The van der Waals surface area contributed by atoms with Gasteiger partial charge in [-0.05, 0) is 17.7 Å². The lowest BCUT2D eigenvalue weighted by atomic mass is 10.1. The Hall–Kier alpha value is -1.86. The van der Waals surface area contributed by atoms with Crippen LogP contribution >= 0.6 is 0 Å². The first-order valence-electron chi connectivity index (χ1n) is 4.33. The fraction of sp³-hybridized carbons (Fsp3) is 0.222. The summed E-state index contributed by atoms with van der Waals surface area (Å²) in [5, 5.41) is 29.1. The van der Waals surface area contributed by atoms with Crippen molar-refractivity contribution in [2.45, 2.75) is 6.04 Å². The van der Waals surface area contributed by atoms with Crippen molar-refractivity contribution in [3.8, 4) is 11.5 Å². The second-order valence-electron chi connectivity index (χ2n) is 3.05. The van der Waals surface area contributed by atoms with Crippen molar-refractivity contribution in [3.63, 3.8) is 0 Å². The molecule has 0 aliphatic rings. The Bertz CT molecular complexity index is 387. The van der Waals surface area contributed by atoms with E-state index in [1.807, 2.05) is 0 Å². The third-order valence-electron chi connectivity index (χ3n) is 2.04. The van der Waals surface area contributed by atoms with Gasteiger partial charge in [-0.15, -0.1) is 0 Å². The standard InChI is InChI=1S/C9H11FN2O4/c1-11-9(15)7(12-16)4-2-5(10)8(14)6(13)3-4/h2-3,7,12-14,16H,1H3,(H,11,15). The number of phenols is 2. The third kappa shape index (κ3) is 2.20. The monoisotopic (exact) mass is 230 g/mol. The van der Waals surface area contributed by atoms with Crippen molar-refractivity contribution in [2.24, 2.45) is 0 Å². The summed E-state index contributed by atoms with van der Waals surface area (Å²) in [6, 6.07) is 0.575. The Morgan fingerprint density at radius 2 is 2.06 bits per heavy atom. The maximum Gasteiger partial charge on any atom is 0.243 e. The van der Waals surface area contributed by atoms with E-state index >= 15 is 0 Å². The zero-order valence-electron chi connectivity index (χ0n) is 8.36. The number of carbonyl (C=O) groups excluding carboxylic acids is 1. The van der Waals surface area contributed by atoms with Crippen molar-refractivity contribution >= 4 is 5.91 Å². The van der Waals surface area contributed by atoms with Gasteiger partial charge in [0, 0.05) is 7.05 Å². The van der Waals surface area contributed by atoms with Crippen molar-refractivity contribution in [1.82, 2.24) is 10.8 Å². The molecule has 0 aromatic heterocycles. The molecule has 16 heavy (non-hydrogen) atoms. The van der Waals surface area contributed by atoms with Gasteiger partial charge in [-0.25, -0.2) is 4.39 Å². The lowest BCUT2D eigenvalue weighted by molar-refractivity contribution is -0.125. The maximum atomic E-state index is 13.1. The summed E-state index contributed by atoms with van der Waals surface area (Å²) >= 11 is 0. The van der Waals surface area contributed by atoms with Crippen LogP contribution < -0.4 is 10.8 Å². The molecule has 1 unspecified atom stereocenters. The molecule has 7 heteroatoms. The van der Waals surface area contributed by atoms with Gasteiger partial charge in [0.05, 0.1) is 0 Å². The van der Waals surface area contributed by atoms with Crippen molar-refractivity contribution in [3.05, 3.63) is 23.5 Å². The Morgan fingerprint density at radius 3 is 2.50 bits per heavy atom. The Kier molecular flexibility index (Phi) is 3.64. The second-order valence-corrected chi connectivity index (χ2v) is 3.05. The predicted octanol–water partition coefficient (Wildman–Crippen LogP) is 0.00280. The van der Waals surface area contributed by atoms with E-state index in [2.05, 4.69) is 5.32 Å². The van der Waals surface area contributed by atoms with E-state index in [9.17, 15) is 9.18 Å². The molecule has 1 atom stereocenters. The van der Waals surface area contributed by atoms with E-state index < -0.39 is 29.3 Å². The number of carbonyl (C=O) groups is 1. The molecule has 0 spiro atoms. The molecule has 0 heterocycles. The normalized spacial score (nSPS) is 12.2. The highest BCUT2D eigenvalue weighted by molar-refractivity contribution is 5.83. The number of halogens is 1. The predicted molar refractivity (Wildman–Crippen MR) is 51.5 cm³/mol. The summed E-state index contributed by atoms with van der Waals surface area (Å²) < 4.78 is 13.1. The first kappa shape index (κ1) is 12.2. The number of hydroxylamine groups is 1. The second kappa shape index (κ2) is 4.77. The summed E-state index contributed by atoms with van der Waals surface area (Å²) in [5.41, 5.74) is 1.65. The third-order valence-corrected chi connectivity index (χ3v) is 2.04. The van der Waals surface area contributed by atoms with Crippen LogP contribution in [0.4, 0.5) is 4.39 Å². The largest absolute Gasteiger partial charge is 0.504 e. The molecule has 0 aliphatic heterocycles. The lowest BCUT2D eigenvalue weighted by Gasteiger charge is -2.14. The molecule has 0 radical (unpaired) electrons. The van der Waals surface area contributed by atoms with Gasteiger partial charge in [0.25, 0.3) is 0 Å². The molecule has 0 saturated carbocycles. The number of rotatable bonds is 3. The van der Waals surface area contributed by atoms with Crippen LogP contribution in [0.15, 0.2) is 12.1 Å². The highest BCUT2D eigenvalue weighted by atomic mass is 19.1. The lowest BCUT2D eigenvalue weighted by Crippen LogP contribution is -2.34. The fourth-order valence-corrected chi connectivity index (χ4v) is 1.20. The first-order valence-corrected chi connectivity index (χ1v) is 4.33. The molecule has 1 rings (SSSR count). The van der Waals surface area contributed by atoms with Crippen LogP contribution in [-0.2, 0) is 4.79 Å². The van der Waals surface area contributed by atoms with E-state index in [1.165, 1.54) is 7.05 Å². The number of nitrogens with one attached hydrogen (secondary N) is 2. The molecule has 1 amide bonds. The minimum Gasteiger partial charge on any atom is -0.504 e. The molecule has 5 N–H and O–H groups in total. The van der Waals surface area contributed by atoms with Crippen LogP contribution in [0, 0.1) is 5.82 Å². The highest BCUT2D eigenvalue weighted by Gasteiger charge is 2.21. The average molecular weight is 230 g/mol. The van der Waals surface area contributed by atoms with Crippen LogP contribution in [0.25, 0.3) is 0 Å². The summed E-state index contributed by atoms with van der Waals surface area (Å²) in [6.45, 7) is 0. The average Bonchev–Trinajstić information content (AvgIpc) is 2.26. The van der Waals surface area contributed by atoms with Crippen LogP contribution in [0.1, 0.15) is 11.6 Å². The van der Waals surface area contributed by atoms with Gasteiger partial charge >= 0.3 is 0 Å². The van der Waals surface area contributed by atoms with Gasteiger partial charge in [0.2, 0.25) is 5.91 Å². The number of aromatic hydroxyl groups is 2. The highest BCUT2D eigenvalue weighted by Crippen LogP contribution is 2.31. The maximum absolute atomic E-state index is 13.1. The van der Waals surface area contributed by atoms with Gasteiger partial charge in [0.15, 0.2) is 17.3 Å². The van der Waals surface area contributed by atoms with Crippen LogP contribution in [0.5, 0.6) is 11.5 Å². The van der Waals surface area contributed by atoms with Gasteiger partial charge in [-0.2, -0.15) is 5.48 Å². The Balaban J connectivity index is 3.16. The molecule has 0 bridgehead atoms. The van der Waals surface area contributed by atoms with E-state index in [0.29, 0.717) is 0 Å². The van der Waals surface area contributed by atoms with Crippen LogP contribution in [0.2, 0.25) is 0 Å². The van der Waals surface area contributed by atoms with Crippen LogP contribution in [0.3, 0.4) is 0 Å². The van der Waals surface area contributed by atoms with Crippen molar-refractivity contribution < 1.29 is 24.6 Å². The number of benzene rings is 1. The number of phenolic OH excluding ortho intramolecular Hbond substituents is 2. The van der Waals surface area contributed by atoms with Gasteiger partial charge in [-0.1, -0.05) is 0 Å². The molecular weight excluding hydrogens is 219 g/mol. The number of hydrogen-bond acceptors (Lipinski definition) is 5. The smallest absolute Gasteiger partial charge is 0.243 e. The Labute approximate surface area is 90.3 Å². The van der Waals surface area contributed by atoms with E-state index in [0.717, 1.165) is 12.1 Å². The summed E-state index contributed by atoms with van der Waals surface area (Å²) in [4.78, 5) is 11.3. The summed E-state index contributed by atoms with van der Waals surface area (Å²) in [7, 11) is 1.34. The molecule has 1 aromatic carbocycles. The number of amides is 1. The molecule has 88 valence electrons. The van der Waals surface area contributed by atoms with Gasteiger partial charge in [-0.3, -0.25) is 4.79 Å². The molecule has 0 saturated heterocycles. The fourth-order valence-electron chi connectivity index (χ4n) is 1.20. The van der Waals surface area contributed by atoms with E-state index in [-0.39, 0.29) is 5.56 Å². The minimum atomic E-state index is -1.23. The van der Waals surface area contributed by atoms with Crippen molar-refractivity contribution in [1.29, 1.82) is 0 Å². The summed E-state index contributed by atoms with van der Waals surface area (Å²) in [5.74, 6) is -3.32. The molecule has 0 aliphatic carbocycles. The number of likely N-dealkylation sites (N-methyl/N-ethyl adjacent to an activating group) is 1.